The maximum absolute atomic E-state index is 13.4. The predicted molar refractivity (Wildman–Crippen MR) is 113 cm³/mol. The minimum atomic E-state index is -0.506. The molecule has 0 bridgehead atoms. The number of hydrogen-bond acceptors (Lipinski definition) is 5. The fourth-order valence-electron chi connectivity index (χ4n) is 3.55. The van der Waals surface area contributed by atoms with Gasteiger partial charge in [0, 0.05) is 11.0 Å². The molecular weight excluding hydrogens is 462 g/mol. The number of fused-ring (bicyclic) bond motifs is 1. The average Bonchev–Trinajstić information content (AvgIpc) is 2.73. The summed E-state index contributed by atoms with van der Waals surface area (Å²) in [4.78, 5) is 27.2. The zero-order valence-corrected chi connectivity index (χ0v) is 18.7. The van der Waals surface area contributed by atoms with E-state index in [0.29, 0.717) is 35.1 Å². The van der Waals surface area contributed by atoms with Crippen LogP contribution in [-0.2, 0) is 16.0 Å². The molecule has 0 fully saturated rings. The van der Waals surface area contributed by atoms with Crippen LogP contribution in [0.5, 0.6) is 11.5 Å². The van der Waals surface area contributed by atoms with Gasteiger partial charge >= 0.3 is 5.97 Å². The van der Waals surface area contributed by atoms with E-state index in [9.17, 15) is 9.59 Å². The lowest BCUT2D eigenvalue weighted by atomic mass is 9.89. The van der Waals surface area contributed by atoms with Gasteiger partial charge < -0.3 is 19.1 Å². The van der Waals surface area contributed by atoms with E-state index in [1.165, 1.54) is 7.11 Å². The number of methoxy groups -OCH3 is 3. The Morgan fingerprint density at radius 3 is 2.48 bits per heavy atom. The molecule has 1 aliphatic rings. The van der Waals surface area contributed by atoms with Gasteiger partial charge in [-0.3, -0.25) is 9.59 Å². The Bertz CT molecular complexity index is 949. The highest BCUT2D eigenvalue weighted by molar-refractivity contribution is 9.10. The minimum Gasteiger partial charge on any atom is -0.493 e. The van der Waals surface area contributed by atoms with Crippen LogP contribution in [0.25, 0.3) is 0 Å². The molecular formula is C21H21BrClNO5. The molecule has 1 atom stereocenters. The molecule has 1 aliphatic heterocycles. The lowest BCUT2D eigenvalue weighted by molar-refractivity contribution is -0.141. The molecule has 1 amide bonds. The standard InChI is InChI=1S/C21H21BrClNO5/c1-27-18-8-12-6-7-24(21(26)15-9-13(22)4-5-16(15)23)17(11-20(25)29-3)14(12)10-19(18)28-2/h4-5,8-10,17H,6-7,11H2,1-3H3/t17-/m0/s1. The third kappa shape index (κ3) is 4.36. The molecule has 1 heterocycles. The molecule has 0 radical (unpaired) electrons. The van der Waals surface area contributed by atoms with Crippen molar-refractivity contribution in [2.45, 2.75) is 18.9 Å². The molecule has 0 aromatic heterocycles. The number of hydrogen-bond donors (Lipinski definition) is 0. The molecule has 154 valence electrons. The van der Waals surface area contributed by atoms with Crippen LogP contribution in [0.4, 0.5) is 0 Å². The van der Waals surface area contributed by atoms with Crippen LogP contribution in [-0.4, -0.2) is 44.7 Å². The number of nitrogens with zero attached hydrogens (tertiary/aromatic N) is 1. The normalized spacial score (nSPS) is 15.5. The Labute approximate surface area is 182 Å². The van der Waals surface area contributed by atoms with Crippen molar-refractivity contribution in [3.8, 4) is 11.5 Å². The minimum absolute atomic E-state index is 0.0242. The second-order valence-corrected chi connectivity index (χ2v) is 7.90. The molecule has 2 aromatic carbocycles. The van der Waals surface area contributed by atoms with Crippen molar-refractivity contribution in [2.24, 2.45) is 0 Å². The van der Waals surface area contributed by atoms with Crippen LogP contribution in [0.3, 0.4) is 0 Å². The van der Waals surface area contributed by atoms with Crippen molar-refractivity contribution in [2.75, 3.05) is 27.9 Å². The van der Waals surface area contributed by atoms with E-state index in [1.807, 2.05) is 12.1 Å². The predicted octanol–water partition coefficient (Wildman–Crippen LogP) is 4.42. The first-order valence-corrected chi connectivity index (χ1v) is 10.1. The molecule has 0 spiro atoms. The third-order valence-corrected chi connectivity index (χ3v) is 5.83. The van der Waals surface area contributed by atoms with Gasteiger partial charge in [-0.2, -0.15) is 0 Å². The largest absolute Gasteiger partial charge is 0.493 e. The molecule has 0 unspecified atom stereocenters. The van der Waals surface area contributed by atoms with E-state index < -0.39 is 12.0 Å². The quantitative estimate of drug-likeness (QED) is 0.590. The fourth-order valence-corrected chi connectivity index (χ4v) is 4.11. The zero-order chi connectivity index (χ0) is 21.1. The van der Waals surface area contributed by atoms with Crippen molar-refractivity contribution < 1.29 is 23.8 Å². The van der Waals surface area contributed by atoms with Crippen LogP contribution in [0.1, 0.15) is 33.9 Å². The second kappa shape index (κ2) is 9.05. The second-order valence-electron chi connectivity index (χ2n) is 6.57. The Balaban J connectivity index is 2.07. The van der Waals surface area contributed by atoms with E-state index in [1.54, 1.807) is 37.3 Å². The number of halogens is 2. The monoisotopic (exact) mass is 481 g/mol. The Hall–Kier alpha value is -2.25. The summed E-state index contributed by atoms with van der Waals surface area (Å²) in [6.07, 6.45) is 0.640. The molecule has 2 aromatic rings. The van der Waals surface area contributed by atoms with Gasteiger partial charge in [-0.05, 0) is 47.9 Å². The molecule has 0 saturated carbocycles. The molecule has 6 nitrogen and oxygen atoms in total. The van der Waals surface area contributed by atoms with E-state index in [0.717, 1.165) is 15.6 Å². The molecule has 3 rings (SSSR count). The first kappa shape index (κ1) is 21.5. The molecule has 0 aliphatic carbocycles. The van der Waals surface area contributed by atoms with Gasteiger partial charge in [0.2, 0.25) is 0 Å². The van der Waals surface area contributed by atoms with Crippen LogP contribution < -0.4 is 9.47 Å². The van der Waals surface area contributed by atoms with Gasteiger partial charge in [0.25, 0.3) is 5.91 Å². The van der Waals surface area contributed by atoms with Crippen LogP contribution >= 0.6 is 27.5 Å². The highest BCUT2D eigenvalue weighted by atomic mass is 79.9. The molecule has 0 N–H and O–H groups in total. The van der Waals surface area contributed by atoms with Crippen LogP contribution in [0.15, 0.2) is 34.8 Å². The van der Waals surface area contributed by atoms with Crippen LogP contribution in [0.2, 0.25) is 5.02 Å². The Morgan fingerprint density at radius 2 is 1.83 bits per heavy atom. The van der Waals surface area contributed by atoms with Gasteiger partial charge in [-0.25, -0.2) is 0 Å². The summed E-state index contributed by atoms with van der Waals surface area (Å²) in [6.45, 7) is 0.436. The third-order valence-electron chi connectivity index (χ3n) is 5.01. The van der Waals surface area contributed by atoms with Crippen LogP contribution in [0, 0.1) is 0 Å². The van der Waals surface area contributed by atoms with Gasteiger partial charge in [-0.15, -0.1) is 0 Å². The highest BCUT2D eigenvalue weighted by Gasteiger charge is 2.35. The number of rotatable bonds is 5. The Morgan fingerprint density at radius 1 is 1.14 bits per heavy atom. The van der Waals surface area contributed by atoms with Crippen molar-refractivity contribution in [3.05, 3.63) is 56.5 Å². The van der Waals surface area contributed by atoms with E-state index in [4.69, 9.17) is 25.8 Å². The van der Waals surface area contributed by atoms with Crippen molar-refractivity contribution in [1.29, 1.82) is 0 Å². The number of esters is 1. The maximum atomic E-state index is 13.4. The van der Waals surface area contributed by atoms with Crippen molar-refractivity contribution >= 4 is 39.4 Å². The molecule has 0 saturated heterocycles. The lowest BCUT2D eigenvalue weighted by Gasteiger charge is -2.37. The summed E-state index contributed by atoms with van der Waals surface area (Å²) in [6, 6.07) is 8.34. The van der Waals surface area contributed by atoms with Gasteiger partial charge in [0.15, 0.2) is 11.5 Å². The summed E-state index contributed by atoms with van der Waals surface area (Å²) in [5.41, 5.74) is 2.21. The van der Waals surface area contributed by atoms with Crippen molar-refractivity contribution in [3.63, 3.8) is 0 Å². The average molecular weight is 483 g/mol. The summed E-state index contributed by atoms with van der Waals surface area (Å²) in [5, 5.41) is 0.355. The lowest BCUT2D eigenvalue weighted by Crippen LogP contribution is -2.41. The zero-order valence-electron chi connectivity index (χ0n) is 16.3. The number of carbonyl (C=O) groups excluding carboxylic acids is 2. The summed E-state index contributed by atoms with van der Waals surface area (Å²) >= 11 is 9.66. The summed E-state index contributed by atoms with van der Waals surface area (Å²) in [5.74, 6) is 0.496. The molecule has 8 heteroatoms. The number of benzene rings is 2. The number of ether oxygens (including phenoxy) is 3. The van der Waals surface area contributed by atoms with Gasteiger partial charge in [0.1, 0.15) is 0 Å². The Kier molecular flexibility index (Phi) is 6.70. The number of carbonyl (C=O) groups is 2. The van der Waals surface area contributed by atoms with E-state index in [2.05, 4.69) is 15.9 Å². The van der Waals surface area contributed by atoms with E-state index in [-0.39, 0.29) is 12.3 Å². The van der Waals surface area contributed by atoms with Crippen molar-refractivity contribution in [1.82, 2.24) is 4.90 Å². The molecule has 29 heavy (non-hydrogen) atoms. The summed E-state index contributed by atoms with van der Waals surface area (Å²) < 4.78 is 16.4. The highest BCUT2D eigenvalue weighted by Crippen LogP contribution is 2.40. The SMILES string of the molecule is COC(=O)C[C@H]1c2cc(OC)c(OC)cc2CCN1C(=O)c1cc(Br)ccc1Cl. The maximum Gasteiger partial charge on any atom is 0.307 e. The smallest absolute Gasteiger partial charge is 0.307 e. The van der Waals surface area contributed by atoms with Gasteiger partial charge in [-0.1, -0.05) is 27.5 Å². The fraction of sp³-hybridized carbons (Fsp3) is 0.333. The number of amides is 1. The van der Waals surface area contributed by atoms with E-state index >= 15 is 0 Å². The first-order valence-electron chi connectivity index (χ1n) is 8.97. The summed E-state index contributed by atoms with van der Waals surface area (Å²) in [7, 11) is 4.45. The first-order chi connectivity index (χ1) is 13.9. The topological polar surface area (TPSA) is 65.1 Å². The van der Waals surface area contributed by atoms with Gasteiger partial charge in [0.05, 0.1) is 44.4 Å².